The first-order chi connectivity index (χ1) is 10.6. The summed E-state index contributed by atoms with van der Waals surface area (Å²) >= 11 is 6.05. The molecule has 0 aliphatic carbocycles. The molecule has 1 heterocycles. The van der Waals surface area contributed by atoms with Gasteiger partial charge in [0.15, 0.2) is 6.61 Å². The van der Waals surface area contributed by atoms with Crippen LogP contribution in [-0.2, 0) is 16.1 Å². The normalized spacial score (nSPS) is 16.6. The van der Waals surface area contributed by atoms with Gasteiger partial charge in [-0.2, -0.15) is 0 Å². The number of piperidine rings is 1. The number of nitrogens with zero attached hydrogens (tertiary/aromatic N) is 2. The predicted octanol–water partition coefficient (Wildman–Crippen LogP) is 2.43. The Morgan fingerprint density at radius 3 is 2.77 bits per heavy atom. The first-order valence-corrected chi connectivity index (χ1v) is 7.89. The minimum Gasteiger partial charge on any atom is -0.384 e. The molecule has 1 aromatic carbocycles. The van der Waals surface area contributed by atoms with E-state index in [2.05, 4.69) is 12.1 Å². The summed E-state index contributed by atoms with van der Waals surface area (Å²) in [5.74, 6) is 0.948. The van der Waals surface area contributed by atoms with E-state index in [-0.39, 0.29) is 12.5 Å². The van der Waals surface area contributed by atoms with Crippen LogP contribution in [0.15, 0.2) is 29.4 Å². The van der Waals surface area contributed by atoms with Crippen molar-refractivity contribution in [1.82, 2.24) is 4.90 Å². The van der Waals surface area contributed by atoms with Gasteiger partial charge in [-0.25, -0.2) is 0 Å². The van der Waals surface area contributed by atoms with Crippen molar-refractivity contribution in [3.8, 4) is 0 Å². The molecular formula is C16H22ClN3O2. The Morgan fingerprint density at radius 2 is 2.09 bits per heavy atom. The standard InChI is InChI=1S/C16H22ClN3O2/c1-12-6-8-20(9-7-12)16(21)11-22-19-15(18)10-13-4-2-3-5-14(13)17/h2-5,12H,6-11H2,1H3,(H2,18,19). The van der Waals surface area contributed by atoms with E-state index >= 15 is 0 Å². The highest BCUT2D eigenvalue weighted by Crippen LogP contribution is 2.16. The third-order valence-electron chi connectivity index (χ3n) is 3.84. The van der Waals surface area contributed by atoms with Crippen molar-refractivity contribution in [3.63, 3.8) is 0 Å². The number of carbonyl (C=O) groups is 1. The third-order valence-corrected chi connectivity index (χ3v) is 4.20. The van der Waals surface area contributed by atoms with E-state index in [1.807, 2.05) is 23.1 Å². The molecule has 6 heteroatoms. The molecule has 2 rings (SSSR count). The first-order valence-electron chi connectivity index (χ1n) is 7.51. The summed E-state index contributed by atoms with van der Waals surface area (Å²) < 4.78 is 0. The zero-order chi connectivity index (χ0) is 15.9. The second-order valence-corrected chi connectivity index (χ2v) is 6.09. The molecule has 1 fully saturated rings. The monoisotopic (exact) mass is 323 g/mol. The Bertz CT molecular complexity index is 540. The summed E-state index contributed by atoms with van der Waals surface area (Å²) in [5, 5.41) is 4.44. The van der Waals surface area contributed by atoms with Crippen LogP contribution in [0.5, 0.6) is 0 Å². The lowest BCUT2D eigenvalue weighted by Gasteiger charge is -2.29. The second kappa shape index (κ2) is 8.03. The molecule has 0 aromatic heterocycles. The molecule has 0 atom stereocenters. The van der Waals surface area contributed by atoms with Crippen LogP contribution in [0.1, 0.15) is 25.3 Å². The fourth-order valence-corrected chi connectivity index (χ4v) is 2.59. The van der Waals surface area contributed by atoms with Gasteiger partial charge in [-0.15, -0.1) is 0 Å². The quantitative estimate of drug-likeness (QED) is 0.514. The molecule has 0 saturated carbocycles. The van der Waals surface area contributed by atoms with Crippen molar-refractivity contribution >= 4 is 23.3 Å². The van der Waals surface area contributed by atoms with Crippen molar-refractivity contribution < 1.29 is 9.63 Å². The SMILES string of the molecule is CC1CCN(C(=O)CO/N=C(\N)Cc2ccccc2Cl)CC1. The maximum atomic E-state index is 12.0. The van der Waals surface area contributed by atoms with Crippen molar-refractivity contribution in [2.45, 2.75) is 26.2 Å². The Labute approximate surface area is 136 Å². The van der Waals surface area contributed by atoms with Crippen LogP contribution in [0.4, 0.5) is 0 Å². The van der Waals surface area contributed by atoms with E-state index < -0.39 is 0 Å². The molecule has 2 N–H and O–H groups in total. The molecule has 1 aliphatic heterocycles. The predicted molar refractivity (Wildman–Crippen MR) is 87.7 cm³/mol. The number of hydrogen-bond acceptors (Lipinski definition) is 3. The van der Waals surface area contributed by atoms with E-state index in [1.165, 1.54) is 0 Å². The maximum Gasteiger partial charge on any atom is 0.263 e. The average Bonchev–Trinajstić information content (AvgIpc) is 2.50. The summed E-state index contributed by atoms with van der Waals surface area (Å²) in [6, 6.07) is 7.42. The molecule has 1 aromatic rings. The highest BCUT2D eigenvalue weighted by atomic mass is 35.5. The fourth-order valence-electron chi connectivity index (χ4n) is 2.39. The number of nitrogens with two attached hydrogens (primary N) is 1. The van der Waals surface area contributed by atoms with Crippen LogP contribution < -0.4 is 5.73 Å². The topological polar surface area (TPSA) is 67.9 Å². The number of likely N-dealkylation sites (tertiary alicyclic amines) is 1. The van der Waals surface area contributed by atoms with Crippen LogP contribution in [0.2, 0.25) is 5.02 Å². The fraction of sp³-hybridized carbons (Fsp3) is 0.500. The minimum absolute atomic E-state index is 0.0406. The number of amidine groups is 1. The molecule has 0 spiro atoms. The van der Waals surface area contributed by atoms with E-state index in [9.17, 15) is 4.79 Å². The number of oxime groups is 1. The molecule has 5 nitrogen and oxygen atoms in total. The van der Waals surface area contributed by atoms with Gasteiger partial charge >= 0.3 is 0 Å². The zero-order valence-electron chi connectivity index (χ0n) is 12.8. The lowest BCUT2D eigenvalue weighted by Crippen LogP contribution is -2.39. The van der Waals surface area contributed by atoms with Gasteiger partial charge in [-0.1, -0.05) is 41.9 Å². The molecule has 0 unspecified atom stereocenters. The van der Waals surface area contributed by atoms with Crippen LogP contribution in [0, 0.1) is 5.92 Å². The Hall–Kier alpha value is -1.75. The summed E-state index contributed by atoms with van der Waals surface area (Å²) in [5.41, 5.74) is 6.68. The Balaban J connectivity index is 1.77. The van der Waals surface area contributed by atoms with Crippen LogP contribution in [0.3, 0.4) is 0 Å². The van der Waals surface area contributed by atoms with Gasteiger partial charge in [-0.05, 0) is 30.4 Å². The van der Waals surface area contributed by atoms with E-state index in [0.717, 1.165) is 31.5 Å². The molecule has 1 amide bonds. The number of carbonyl (C=O) groups excluding carboxylic acids is 1. The van der Waals surface area contributed by atoms with Crippen LogP contribution in [-0.4, -0.2) is 36.3 Å². The molecule has 1 aliphatic rings. The summed E-state index contributed by atoms with van der Waals surface area (Å²) in [6.45, 7) is 3.72. The molecule has 0 radical (unpaired) electrons. The van der Waals surface area contributed by atoms with Crippen LogP contribution >= 0.6 is 11.6 Å². The Kier molecular flexibility index (Phi) is 6.07. The van der Waals surface area contributed by atoms with Gasteiger partial charge in [0.05, 0.1) is 0 Å². The van der Waals surface area contributed by atoms with Gasteiger partial charge < -0.3 is 15.5 Å². The van der Waals surface area contributed by atoms with Crippen LogP contribution in [0.25, 0.3) is 0 Å². The van der Waals surface area contributed by atoms with Gasteiger partial charge in [0, 0.05) is 24.5 Å². The van der Waals surface area contributed by atoms with Crippen molar-refractivity contribution in [3.05, 3.63) is 34.9 Å². The first kappa shape index (κ1) is 16.6. The van der Waals surface area contributed by atoms with E-state index in [4.69, 9.17) is 22.2 Å². The van der Waals surface area contributed by atoms with Gasteiger partial charge in [0.25, 0.3) is 5.91 Å². The van der Waals surface area contributed by atoms with E-state index in [1.54, 1.807) is 6.07 Å². The molecule has 0 bridgehead atoms. The molecule has 22 heavy (non-hydrogen) atoms. The van der Waals surface area contributed by atoms with Gasteiger partial charge in [0.2, 0.25) is 0 Å². The minimum atomic E-state index is -0.0718. The average molecular weight is 324 g/mol. The molecule has 1 saturated heterocycles. The maximum absolute atomic E-state index is 12.0. The number of hydrogen-bond donors (Lipinski definition) is 1. The Morgan fingerprint density at radius 1 is 1.41 bits per heavy atom. The summed E-state index contributed by atoms with van der Waals surface area (Å²) in [4.78, 5) is 18.9. The highest BCUT2D eigenvalue weighted by Gasteiger charge is 2.20. The number of rotatable bonds is 5. The molecule has 120 valence electrons. The number of amides is 1. The van der Waals surface area contributed by atoms with Crippen molar-refractivity contribution in [2.75, 3.05) is 19.7 Å². The third kappa shape index (κ3) is 4.91. The smallest absolute Gasteiger partial charge is 0.263 e. The summed E-state index contributed by atoms with van der Waals surface area (Å²) in [7, 11) is 0. The molecular weight excluding hydrogens is 302 g/mol. The number of benzene rings is 1. The lowest BCUT2D eigenvalue weighted by atomic mass is 9.99. The van der Waals surface area contributed by atoms with Crippen molar-refractivity contribution in [2.24, 2.45) is 16.8 Å². The van der Waals surface area contributed by atoms with Gasteiger partial charge in [0.1, 0.15) is 5.84 Å². The second-order valence-electron chi connectivity index (χ2n) is 5.69. The zero-order valence-corrected chi connectivity index (χ0v) is 13.6. The summed E-state index contributed by atoms with van der Waals surface area (Å²) in [6.07, 6.45) is 2.49. The largest absolute Gasteiger partial charge is 0.384 e. The highest BCUT2D eigenvalue weighted by molar-refractivity contribution is 6.31. The van der Waals surface area contributed by atoms with E-state index in [0.29, 0.717) is 23.2 Å². The lowest BCUT2D eigenvalue weighted by molar-refractivity contribution is -0.137. The number of halogens is 1. The van der Waals surface area contributed by atoms with Crippen molar-refractivity contribution in [1.29, 1.82) is 0 Å². The van der Waals surface area contributed by atoms with Gasteiger partial charge in [-0.3, -0.25) is 4.79 Å².